The van der Waals surface area contributed by atoms with Crippen LogP contribution in [-0.4, -0.2) is 0 Å². The van der Waals surface area contributed by atoms with E-state index >= 15 is 0 Å². The van der Waals surface area contributed by atoms with E-state index in [1.165, 1.54) is 44.9 Å². The molecule has 0 N–H and O–H groups in total. The molecular formula is C17H20. The molecule has 17 heavy (non-hydrogen) atoms. The van der Waals surface area contributed by atoms with Crippen LogP contribution in [0, 0.1) is 5.92 Å². The Morgan fingerprint density at radius 2 is 1.76 bits per heavy atom. The van der Waals surface area contributed by atoms with E-state index in [4.69, 9.17) is 0 Å². The normalized spacial score (nSPS) is 30.8. The fourth-order valence-electron chi connectivity index (χ4n) is 4.47. The van der Waals surface area contributed by atoms with Gasteiger partial charge in [-0.2, -0.15) is 0 Å². The zero-order valence-corrected chi connectivity index (χ0v) is 10.4. The highest BCUT2D eigenvalue weighted by molar-refractivity contribution is 5.44. The van der Waals surface area contributed by atoms with Crippen molar-refractivity contribution < 1.29 is 0 Å². The van der Waals surface area contributed by atoms with Crippen molar-refractivity contribution in [1.82, 2.24) is 0 Å². The van der Waals surface area contributed by atoms with Crippen molar-refractivity contribution in [1.29, 1.82) is 0 Å². The summed E-state index contributed by atoms with van der Waals surface area (Å²) >= 11 is 0. The molecule has 0 amide bonds. The topological polar surface area (TPSA) is 0 Å². The third-order valence-electron chi connectivity index (χ3n) is 5.22. The highest BCUT2D eigenvalue weighted by atomic mass is 14.4. The summed E-state index contributed by atoms with van der Waals surface area (Å²) < 4.78 is 0. The van der Waals surface area contributed by atoms with Crippen molar-refractivity contribution in [2.45, 2.75) is 50.9 Å². The van der Waals surface area contributed by atoms with E-state index in [9.17, 15) is 0 Å². The minimum Gasteiger partial charge on any atom is -0.0673 e. The van der Waals surface area contributed by atoms with E-state index in [1.807, 2.05) is 11.1 Å². The Hall–Kier alpha value is -1.04. The minimum atomic E-state index is 0.796. The Morgan fingerprint density at radius 1 is 0.824 bits per heavy atom. The van der Waals surface area contributed by atoms with Gasteiger partial charge in [-0.3, -0.25) is 0 Å². The van der Waals surface area contributed by atoms with E-state index in [1.54, 1.807) is 11.1 Å². The molecule has 1 saturated carbocycles. The molecule has 0 saturated heterocycles. The first-order valence-corrected chi connectivity index (χ1v) is 7.23. The molecule has 2 atom stereocenters. The first-order valence-electron chi connectivity index (χ1n) is 7.23. The average Bonchev–Trinajstić information content (AvgIpc) is 2.86. The Morgan fingerprint density at radius 3 is 2.76 bits per heavy atom. The third-order valence-corrected chi connectivity index (χ3v) is 5.22. The van der Waals surface area contributed by atoms with Crippen LogP contribution in [0.2, 0.25) is 0 Å². The van der Waals surface area contributed by atoms with E-state index < -0.39 is 0 Å². The summed E-state index contributed by atoms with van der Waals surface area (Å²) in [5, 5.41) is 0. The molecular weight excluding hydrogens is 204 g/mol. The summed E-state index contributed by atoms with van der Waals surface area (Å²) in [5.74, 6) is 1.77. The van der Waals surface area contributed by atoms with Gasteiger partial charge < -0.3 is 0 Å². The molecule has 0 heterocycles. The monoisotopic (exact) mass is 224 g/mol. The second-order valence-corrected chi connectivity index (χ2v) is 5.97. The van der Waals surface area contributed by atoms with Crippen molar-refractivity contribution in [3.63, 3.8) is 0 Å². The Balaban J connectivity index is 1.84. The van der Waals surface area contributed by atoms with Gasteiger partial charge in [0.25, 0.3) is 0 Å². The van der Waals surface area contributed by atoms with Gasteiger partial charge in [0, 0.05) is 5.92 Å². The quantitative estimate of drug-likeness (QED) is 0.565. The maximum absolute atomic E-state index is 2.38. The van der Waals surface area contributed by atoms with E-state index in [0.29, 0.717) is 0 Å². The summed E-state index contributed by atoms with van der Waals surface area (Å²) in [4.78, 5) is 0. The van der Waals surface area contributed by atoms with Crippen molar-refractivity contribution in [2.24, 2.45) is 5.92 Å². The fraction of sp³-hybridized carbons (Fsp3) is 0.529. The second-order valence-electron chi connectivity index (χ2n) is 5.97. The maximum atomic E-state index is 2.38. The number of rotatable bonds is 0. The number of hydrogen-bond acceptors (Lipinski definition) is 0. The molecule has 3 aliphatic carbocycles. The Labute approximate surface area is 104 Å². The molecule has 0 radical (unpaired) electrons. The minimum absolute atomic E-state index is 0.796. The molecule has 1 aromatic carbocycles. The van der Waals surface area contributed by atoms with Gasteiger partial charge in [-0.05, 0) is 62.0 Å². The van der Waals surface area contributed by atoms with Crippen LogP contribution in [0.3, 0.4) is 0 Å². The van der Waals surface area contributed by atoms with E-state index in [0.717, 1.165) is 11.8 Å². The number of fused-ring (bicyclic) bond motifs is 4. The van der Waals surface area contributed by atoms with Gasteiger partial charge >= 0.3 is 0 Å². The van der Waals surface area contributed by atoms with Crippen molar-refractivity contribution in [3.8, 4) is 0 Å². The standard InChI is InChI=1S/C17H20/c1-2-6-14-12(4-1)8-10-17-15-7-3-5-13(15)9-11-16(14)17/h1-2,4,6,13,16H,3,5,7-11H2. The molecule has 0 bridgehead atoms. The summed E-state index contributed by atoms with van der Waals surface area (Å²) in [6.45, 7) is 0. The van der Waals surface area contributed by atoms with Crippen LogP contribution >= 0.6 is 0 Å². The lowest BCUT2D eigenvalue weighted by Gasteiger charge is -2.36. The smallest absolute Gasteiger partial charge is 0.00540 e. The number of aryl methyl sites for hydroxylation is 1. The predicted molar refractivity (Wildman–Crippen MR) is 71.1 cm³/mol. The molecule has 0 nitrogen and oxygen atoms in total. The first-order chi connectivity index (χ1) is 8.43. The molecule has 4 rings (SSSR count). The molecule has 88 valence electrons. The lowest BCUT2D eigenvalue weighted by Crippen LogP contribution is -2.20. The van der Waals surface area contributed by atoms with Crippen LogP contribution in [0.15, 0.2) is 35.4 Å². The lowest BCUT2D eigenvalue weighted by atomic mass is 9.69. The summed E-state index contributed by atoms with van der Waals surface area (Å²) in [6, 6.07) is 9.16. The van der Waals surface area contributed by atoms with Crippen molar-refractivity contribution in [3.05, 3.63) is 46.5 Å². The summed E-state index contributed by atoms with van der Waals surface area (Å²) in [6.07, 6.45) is 9.87. The average molecular weight is 224 g/mol. The largest absolute Gasteiger partial charge is 0.0673 e. The maximum Gasteiger partial charge on any atom is 0.00540 e. The van der Waals surface area contributed by atoms with E-state index in [2.05, 4.69) is 24.3 Å². The van der Waals surface area contributed by atoms with Crippen LogP contribution in [0.1, 0.15) is 55.6 Å². The van der Waals surface area contributed by atoms with Crippen molar-refractivity contribution >= 4 is 0 Å². The van der Waals surface area contributed by atoms with Gasteiger partial charge in [-0.25, -0.2) is 0 Å². The number of benzene rings is 1. The first kappa shape index (κ1) is 9.94. The van der Waals surface area contributed by atoms with Crippen LogP contribution in [0.5, 0.6) is 0 Å². The Kier molecular flexibility index (Phi) is 2.18. The molecule has 3 aliphatic rings. The molecule has 0 aromatic heterocycles. The van der Waals surface area contributed by atoms with Gasteiger partial charge in [-0.1, -0.05) is 35.4 Å². The van der Waals surface area contributed by atoms with Gasteiger partial charge in [0.1, 0.15) is 0 Å². The molecule has 1 aromatic rings. The predicted octanol–water partition coefficient (Wildman–Crippen LogP) is 4.61. The molecule has 0 spiro atoms. The lowest BCUT2D eigenvalue weighted by molar-refractivity contribution is 0.462. The van der Waals surface area contributed by atoms with Crippen LogP contribution in [0.4, 0.5) is 0 Å². The molecule has 1 fully saturated rings. The summed E-state index contributed by atoms with van der Waals surface area (Å²) in [5.41, 5.74) is 7.03. The van der Waals surface area contributed by atoms with E-state index in [-0.39, 0.29) is 0 Å². The highest BCUT2D eigenvalue weighted by Gasteiger charge is 2.35. The molecule has 2 unspecified atom stereocenters. The summed E-state index contributed by atoms with van der Waals surface area (Å²) in [7, 11) is 0. The highest BCUT2D eigenvalue weighted by Crippen LogP contribution is 2.51. The molecule has 0 heteroatoms. The van der Waals surface area contributed by atoms with Gasteiger partial charge in [0.2, 0.25) is 0 Å². The zero-order valence-electron chi connectivity index (χ0n) is 10.4. The fourth-order valence-corrected chi connectivity index (χ4v) is 4.47. The van der Waals surface area contributed by atoms with Crippen LogP contribution < -0.4 is 0 Å². The number of hydrogen-bond donors (Lipinski definition) is 0. The third kappa shape index (κ3) is 1.43. The number of allylic oxidation sites excluding steroid dienone is 2. The Bertz CT molecular complexity index is 481. The van der Waals surface area contributed by atoms with Gasteiger partial charge in [-0.15, -0.1) is 0 Å². The molecule has 0 aliphatic heterocycles. The van der Waals surface area contributed by atoms with Crippen LogP contribution in [-0.2, 0) is 6.42 Å². The SMILES string of the molecule is c1ccc2c(c1)CCC1=C3CCCC3CCC12. The van der Waals surface area contributed by atoms with Gasteiger partial charge in [0.05, 0.1) is 0 Å². The zero-order chi connectivity index (χ0) is 11.2. The second kappa shape index (κ2) is 3.73. The van der Waals surface area contributed by atoms with Gasteiger partial charge in [0.15, 0.2) is 0 Å². The van der Waals surface area contributed by atoms with Crippen LogP contribution in [0.25, 0.3) is 0 Å². The van der Waals surface area contributed by atoms with Crippen molar-refractivity contribution in [2.75, 3.05) is 0 Å².